The van der Waals surface area contributed by atoms with Crippen LogP contribution in [0, 0.1) is 0 Å². The third-order valence-electron chi connectivity index (χ3n) is 3.58. The van der Waals surface area contributed by atoms with E-state index in [1.54, 1.807) is 7.11 Å². The molecule has 0 bridgehead atoms. The van der Waals surface area contributed by atoms with Crippen LogP contribution < -0.4 is 0 Å². The zero-order valence-corrected chi connectivity index (χ0v) is 11.8. The highest BCUT2D eigenvalue weighted by Crippen LogP contribution is 2.18. The number of aromatic nitrogens is 2. The molecular formula is C15H22N2O2. The first-order valence-electron chi connectivity index (χ1n) is 6.86. The van der Waals surface area contributed by atoms with Crippen LogP contribution in [0.25, 0.3) is 11.0 Å². The van der Waals surface area contributed by atoms with Crippen LogP contribution in [0.4, 0.5) is 0 Å². The lowest BCUT2D eigenvalue weighted by Crippen LogP contribution is -2.30. The molecule has 0 fully saturated rings. The number of aliphatic hydroxyl groups is 1. The summed E-state index contributed by atoms with van der Waals surface area (Å²) < 4.78 is 7.45. The van der Waals surface area contributed by atoms with Gasteiger partial charge in [-0.1, -0.05) is 19.1 Å². The zero-order valence-electron chi connectivity index (χ0n) is 11.8. The van der Waals surface area contributed by atoms with Gasteiger partial charge in [-0.15, -0.1) is 0 Å². The third-order valence-corrected chi connectivity index (χ3v) is 3.58. The van der Waals surface area contributed by atoms with E-state index in [0.717, 1.165) is 29.8 Å². The third kappa shape index (κ3) is 2.80. The van der Waals surface area contributed by atoms with Crippen LogP contribution >= 0.6 is 0 Å². The van der Waals surface area contributed by atoms with Crippen LogP contribution in [0.2, 0.25) is 0 Å². The average molecular weight is 262 g/mol. The minimum atomic E-state index is -0.517. The predicted molar refractivity (Wildman–Crippen MR) is 76.2 cm³/mol. The molecule has 0 aliphatic rings. The molecular weight excluding hydrogens is 240 g/mol. The fourth-order valence-corrected chi connectivity index (χ4v) is 2.55. The van der Waals surface area contributed by atoms with E-state index >= 15 is 0 Å². The van der Waals surface area contributed by atoms with Crippen molar-refractivity contribution in [1.82, 2.24) is 9.55 Å². The van der Waals surface area contributed by atoms with Gasteiger partial charge in [0, 0.05) is 20.1 Å². The number of benzene rings is 1. The number of hydrogen-bond donors (Lipinski definition) is 1. The van der Waals surface area contributed by atoms with Gasteiger partial charge in [0.25, 0.3) is 0 Å². The quantitative estimate of drug-likeness (QED) is 0.869. The van der Waals surface area contributed by atoms with Crippen molar-refractivity contribution in [3.63, 3.8) is 0 Å². The lowest BCUT2D eigenvalue weighted by atomic mass is 10.1. The maximum Gasteiger partial charge on any atom is 0.112 e. The summed E-state index contributed by atoms with van der Waals surface area (Å²) >= 11 is 0. The number of para-hydroxylation sites is 2. The standard InChI is InChI=1S/C15H22N2O2/c1-4-14(19-3)13(18)10-15-16-11-8-6-7-9-12(11)17(15)5-2/h6-9,13-14,18H,4-5,10H2,1-3H3. The van der Waals surface area contributed by atoms with Crippen LogP contribution in [0.15, 0.2) is 24.3 Å². The van der Waals surface area contributed by atoms with E-state index in [1.807, 2.05) is 25.1 Å². The SMILES string of the molecule is CCC(OC)C(O)Cc1nc2ccccc2n1CC. The Labute approximate surface area is 114 Å². The number of nitrogens with zero attached hydrogens (tertiary/aromatic N) is 2. The van der Waals surface area contributed by atoms with Crippen molar-refractivity contribution in [1.29, 1.82) is 0 Å². The molecule has 1 N–H and O–H groups in total. The van der Waals surface area contributed by atoms with Crippen LogP contribution in [-0.2, 0) is 17.7 Å². The van der Waals surface area contributed by atoms with Gasteiger partial charge in [-0.3, -0.25) is 0 Å². The minimum Gasteiger partial charge on any atom is -0.390 e. The molecule has 2 atom stereocenters. The fraction of sp³-hybridized carbons (Fsp3) is 0.533. The summed E-state index contributed by atoms with van der Waals surface area (Å²) in [5.41, 5.74) is 2.11. The molecule has 2 aromatic rings. The summed E-state index contributed by atoms with van der Waals surface area (Å²) in [6, 6.07) is 8.07. The number of aryl methyl sites for hydroxylation is 1. The molecule has 0 radical (unpaired) electrons. The van der Waals surface area contributed by atoms with Gasteiger partial charge in [0.05, 0.1) is 23.2 Å². The second-order valence-corrected chi connectivity index (χ2v) is 4.71. The van der Waals surface area contributed by atoms with Gasteiger partial charge in [-0.2, -0.15) is 0 Å². The molecule has 4 nitrogen and oxygen atoms in total. The normalized spacial score (nSPS) is 14.7. The van der Waals surface area contributed by atoms with E-state index in [-0.39, 0.29) is 6.10 Å². The average Bonchev–Trinajstić information content (AvgIpc) is 2.77. The molecule has 1 aromatic carbocycles. The molecule has 1 heterocycles. The topological polar surface area (TPSA) is 47.3 Å². The Morgan fingerprint density at radius 1 is 1.32 bits per heavy atom. The van der Waals surface area contributed by atoms with Crippen molar-refractivity contribution < 1.29 is 9.84 Å². The van der Waals surface area contributed by atoms with E-state index in [2.05, 4.69) is 22.5 Å². The Balaban J connectivity index is 2.29. The second-order valence-electron chi connectivity index (χ2n) is 4.71. The summed E-state index contributed by atoms with van der Waals surface area (Å²) in [6.07, 6.45) is 0.668. The van der Waals surface area contributed by atoms with Crippen molar-refractivity contribution in [2.24, 2.45) is 0 Å². The van der Waals surface area contributed by atoms with Crippen LogP contribution in [-0.4, -0.2) is 34.0 Å². The summed E-state index contributed by atoms with van der Waals surface area (Å²) in [7, 11) is 1.64. The fourth-order valence-electron chi connectivity index (χ4n) is 2.55. The Hall–Kier alpha value is -1.39. The molecule has 0 saturated heterocycles. The largest absolute Gasteiger partial charge is 0.390 e. The van der Waals surface area contributed by atoms with Gasteiger partial charge >= 0.3 is 0 Å². The Morgan fingerprint density at radius 3 is 2.68 bits per heavy atom. The molecule has 0 aliphatic carbocycles. The first kappa shape index (κ1) is 14.0. The van der Waals surface area contributed by atoms with Gasteiger partial charge in [0.15, 0.2) is 0 Å². The summed E-state index contributed by atoms with van der Waals surface area (Å²) in [4.78, 5) is 4.62. The lowest BCUT2D eigenvalue weighted by molar-refractivity contribution is -0.0140. The highest BCUT2D eigenvalue weighted by molar-refractivity contribution is 5.75. The molecule has 0 saturated carbocycles. The van der Waals surface area contributed by atoms with Crippen LogP contribution in [0.3, 0.4) is 0 Å². The highest BCUT2D eigenvalue weighted by atomic mass is 16.5. The van der Waals surface area contributed by atoms with Gasteiger partial charge in [-0.05, 0) is 25.5 Å². The molecule has 0 amide bonds. The van der Waals surface area contributed by atoms with E-state index in [0.29, 0.717) is 6.42 Å². The Morgan fingerprint density at radius 2 is 2.05 bits per heavy atom. The number of methoxy groups -OCH3 is 1. The highest BCUT2D eigenvalue weighted by Gasteiger charge is 2.20. The first-order valence-corrected chi connectivity index (χ1v) is 6.86. The second kappa shape index (κ2) is 6.17. The monoisotopic (exact) mass is 262 g/mol. The number of rotatable bonds is 6. The van der Waals surface area contributed by atoms with Crippen molar-refractivity contribution in [3.05, 3.63) is 30.1 Å². The molecule has 19 heavy (non-hydrogen) atoms. The summed E-state index contributed by atoms with van der Waals surface area (Å²) in [6.45, 7) is 4.96. The minimum absolute atomic E-state index is 0.134. The predicted octanol–water partition coefficient (Wildman–Crippen LogP) is 2.38. The molecule has 4 heteroatoms. The molecule has 1 aromatic heterocycles. The zero-order chi connectivity index (χ0) is 13.8. The molecule has 2 rings (SSSR count). The first-order chi connectivity index (χ1) is 9.21. The molecule has 0 aliphatic heterocycles. The van der Waals surface area contributed by atoms with Gasteiger partial charge < -0.3 is 14.4 Å². The van der Waals surface area contributed by atoms with Gasteiger partial charge in [-0.25, -0.2) is 4.98 Å². The summed E-state index contributed by atoms with van der Waals surface area (Å²) in [5, 5.41) is 10.2. The molecule has 0 spiro atoms. The number of hydrogen-bond acceptors (Lipinski definition) is 3. The number of aliphatic hydroxyl groups excluding tert-OH is 1. The van der Waals surface area contributed by atoms with E-state index in [1.165, 1.54) is 0 Å². The smallest absolute Gasteiger partial charge is 0.112 e. The van der Waals surface area contributed by atoms with Crippen molar-refractivity contribution in [3.8, 4) is 0 Å². The van der Waals surface area contributed by atoms with Crippen LogP contribution in [0.5, 0.6) is 0 Å². The number of imidazole rings is 1. The van der Waals surface area contributed by atoms with Crippen LogP contribution in [0.1, 0.15) is 26.1 Å². The van der Waals surface area contributed by atoms with Crippen molar-refractivity contribution >= 4 is 11.0 Å². The lowest BCUT2D eigenvalue weighted by Gasteiger charge is -2.20. The van der Waals surface area contributed by atoms with E-state index < -0.39 is 6.10 Å². The van der Waals surface area contributed by atoms with Crippen molar-refractivity contribution in [2.45, 2.75) is 45.4 Å². The van der Waals surface area contributed by atoms with E-state index in [9.17, 15) is 5.11 Å². The number of fused-ring (bicyclic) bond motifs is 1. The van der Waals surface area contributed by atoms with Gasteiger partial charge in [0.1, 0.15) is 5.82 Å². The molecule has 2 unspecified atom stereocenters. The number of ether oxygens (including phenoxy) is 1. The van der Waals surface area contributed by atoms with E-state index in [4.69, 9.17) is 4.74 Å². The molecule has 104 valence electrons. The maximum atomic E-state index is 10.2. The maximum absolute atomic E-state index is 10.2. The summed E-state index contributed by atoms with van der Waals surface area (Å²) in [5.74, 6) is 0.923. The Bertz CT molecular complexity index is 532. The van der Waals surface area contributed by atoms with Gasteiger partial charge in [0.2, 0.25) is 0 Å². The Kier molecular flexibility index (Phi) is 4.56. The van der Waals surface area contributed by atoms with Crippen molar-refractivity contribution in [2.75, 3.05) is 7.11 Å².